The molecule has 9 nitrogen and oxygen atoms in total. The third kappa shape index (κ3) is 5.35. The summed E-state index contributed by atoms with van der Waals surface area (Å²) in [6, 6.07) is 8.79. The fraction of sp³-hybridized carbons (Fsp3) is 0.533. The number of ether oxygens (including phenoxy) is 3. The van der Waals surface area contributed by atoms with Gasteiger partial charge in [0.25, 0.3) is 10.1 Å². The Morgan fingerprint density at radius 2 is 1.92 bits per heavy atom. The summed E-state index contributed by atoms with van der Waals surface area (Å²) in [5.74, 6) is 0. The van der Waals surface area contributed by atoms with Crippen LogP contribution in [-0.4, -0.2) is 74.8 Å². The third-order valence-electron chi connectivity index (χ3n) is 3.62. The number of alkyl halides is 1. The second kappa shape index (κ2) is 8.73. The van der Waals surface area contributed by atoms with E-state index >= 15 is 0 Å². The molecule has 3 rings (SSSR count). The van der Waals surface area contributed by atoms with Crippen molar-refractivity contribution in [2.45, 2.75) is 18.6 Å². The van der Waals surface area contributed by atoms with Crippen molar-refractivity contribution in [3.05, 3.63) is 35.9 Å². The number of hydrogen-bond donors (Lipinski definition) is 1. The van der Waals surface area contributed by atoms with E-state index in [0.717, 1.165) is 5.56 Å². The standard InChI is InChI=1S/C14H17FN2O4.CH4O3S/c1-19-13-12(10-5-3-2-4-6-10)17(14(18)21-13)16-7-8-20-9-11(16)15;1-5(2,3)4/h2-6,11-13H,7-9H2,1H3;1H3,(H,2,3,4). The van der Waals surface area contributed by atoms with E-state index < -0.39 is 34.8 Å². The highest BCUT2D eigenvalue weighted by Gasteiger charge is 2.48. The third-order valence-corrected chi connectivity index (χ3v) is 3.62. The Kier molecular flexibility index (Phi) is 6.89. The fourth-order valence-electron chi connectivity index (χ4n) is 2.64. The van der Waals surface area contributed by atoms with Crippen molar-refractivity contribution in [3.63, 3.8) is 0 Å². The molecule has 2 aliphatic rings. The molecule has 2 aliphatic heterocycles. The summed E-state index contributed by atoms with van der Waals surface area (Å²) >= 11 is 0. The van der Waals surface area contributed by atoms with E-state index in [0.29, 0.717) is 12.9 Å². The van der Waals surface area contributed by atoms with Crippen molar-refractivity contribution >= 4 is 16.2 Å². The zero-order valence-electron chi connectivity index (χ0n) is 14.3. The van der Waals surface area contributed by atoms with Gasteiger partial charge in [-0.1, -0.05) is 30.3 Å². The summed E-state index contributed by atoms with van der Waals surface area (Å²) in [6.07, 6.45) is -2.05. The first-order valence-electron chi connectivity index (χ1n) is 7.70. The second-order valence-corrected chi connectivity index (χ2v) is 7.06. The predicted molar refractivity (Wildman–Crippen MR) is 88.2 cm³/mol. The van der Waals surface area contributed by atoms with E-state index in [4.69, 9.17) is 18.8 Å². The Balaban J connectivity index is 0.000000431. The predicted octanol–water partition coefficient (Wildman–Crippen LogP) is 1.20. The van der Waals surface area contributed by atoms with E-state index in [1.165, 1.54) is 17.1 Å². The highest BCUT2D eigenvalue weighted by molar-refractivity contribution is 7.85. The van der Waals surface area contributed by atoms with Crippen molar-refractivity contribution in [1.29, 1.82) is 0 Å². The van der Waals surface area contributed by atoms with Crippen LogP contribution in [0, 0.1) is 0 Å². The molecule has 3 unspecified atom stereocenters. The van der Waals surface area contributed by atoms with Crippen LogP contribution in [0.15, 0.2) is 30.3 Å². The quantitative estimate of drug-likeness (QED) is 0.604. The summed E-state index contributed by atoms with van der Waals surface area (Å²) in [5, 5.41) is 2.65. The van der Waals surface area contributed by atoms with Crippen LogP contribution >= 0.6 is 0 Å². The fourth-order valence-corrected chi connectivity index (χ4v) is 2.64. The molecule has 0 aliphatic carbocycles. The number of cyclic esters (lactones) is 1. The number of benzene rings is 1. The van der Waals surface area contributed by atoms with Gasteiger partial charge in [0.1, 0.15) is 6.04 Å². The number of carbonyl (C=O) groups is 1. The lowest BCUT2D eigenvalue weighted by Crippen LogP contribution is -2.54. The number of hydrazine groups is 1. The van der Waals surface area contributed by atoms with Crippen LogP contribution in [0.5, 0.6) is 0 Å². The van der Waals surface area contributed by atoms with E-state index in [-0.39, 0.29) is 13.2 Å². The topological polar surface area (TPSA) is 106 Å². The molecule has 0 spiro atoms. The van der Waals surface area contributed by atoms with Crippen molar-refractivity contribution in [3.8, 4) is 0 Å². The zero-order chi connectivity index (χ0) is 19.3. The number of nitrogens with zero attached hydrogens (tertiary/aromatic N) is 2. The average molecular weight is 392 g/mol. The van der Waals surface area contributed by atoms with Crippen molar-refractivity contribution in [1.82, 2.24) is 10.0 Å². The summed E-state index contributed by atoms with van der Waals surface area (Å²) in [6.45, 7) is 0.586. The van der Waals surface area contributed by atoms with Crippen LogP contribution in [0.3, 0.4) is 0 Å². The summed E-state index contributed by atoms with van der Waals surface area (Å²) in [7, 11) is -2.20. The van der Waals surface area contributed by atoms with Gasteiger partial charge in [0.15, 0.2) is 6.30 Å². The van der Waals surface area contributed by atoms with Crippen molar-refractivity contribution in [2.24, 2.45) is 0 Å². The molecule has 2 fully saturated rings. The molecule has 3 atom stereocenters. The molecular weight excluding hydrogens is 371 g/mol. The lowest BCUT2D eigenvalue weighted by atomic mass is 10.1. The van der Waals surface area contributed by atoms with Gasteiger partial charge in [0.05, 0.1) is 19.5 Å². The Labute approximate surface area is 150 Å². The maximum atomic E-state index is 14.1. The monoisotopic (exact) mass is 392 g/mol. The molecule has 26 heavy (non-hydrogen) atoms. The highest BCUT2D eigenvalue weighted by atomic mass is 32.2. The molecular formula is C15H21FN2O7S. The minimum Gasteiger partial charge on any atom is -0.416 e. The number of rotatable bonds is 3. The minimum atomic E-state index is -3.67. The number of carbonyl (C=O) groups excluding carboxylic acids is 1. The lowest BCUT2D eigenvalue weighted by Gasteiger charge is -2.38. The van der Waals surface area contributed by atoms with Crippen LogP contribution in [0.4, 0.5) is 9.18 Å². The van der Waals surface area contributed by atoms with Crippen LogP contribution < -0.4 is 0 Å². The van der Waals surface area contributed by atoms with Crippen LogP contribution in [-0.2, 0) is 24.3 Å². The maximum absolute atomic E-state index is 14.1. The number of morpholine rings is 1. The first kappa shape index (κ1) is 20.5. The molecule has 1 aromatic rings. The summed E-state index contributed by atoms with van der Waals surface area (Å²) < 4.78 is 55.5. The molecule has 0 radical (unpaired) electrons. The summed E-state index contributed by atoms with van der Waals surface area (Å²) in [4.78, 5) is 12.1. The van der Waals surface area contributed by atoms with Gasteiger partial charge >= 0.3 is 6.09 Å². The van der Waals surface area contributed by atoms with Gasteiger partial charge in [-0.25, -0.2) is 14.2 Å². The average Bonchev–Trinajstić information content (AvgIpc) is 2.91. The first-order chi connectivity index (χ1) is 12.2. The highest BCUT2D eigenvalue weighted by Crippen LogP contribution is 2.36. The van der Waals surface area contributed by atoms with Crippen LogP contribution in [0.25, 0.3) is 0 Å². The molecule has 1 N–H and O–H groups in total. The van der Waals surface area contributed by atoms with Gasteiger partial charge in [-0.3, -0.25) is 4.55 Å². The number of amides is 1. The maximum Gasteiger partial charge on any atom is 0.427 e. The van der Waals surface area contributed by atoms with Gasteiger partial charge in [0.2, 0.25) is 6.29 Å². The normalized spacial score (nSPS) is 26.8. The van der Waals surface area contributed by atoms with Gasteiger partial charge in [-0.15, -0.1) is 0 Å². The number of methoxy groups -OCH3 is 1. The van der Waals surface area contributed by atoms with E-state index in [2.05, 4.69) is 0 Å². The van der Waals surface area contributed by atoms with E-state index in [1.54, 1.807) is 0 Å². The van der Waals surface area contributed by atoms with Gasteiger partial charge in [-0.05, 0) is 5.56 Å². The second-order valence-electron chi connectivity index (χ2n) is 5.59. The molecule has 0 saturated carbocycles. The minimum absolute atomic E-state index is 0.0665. The number of hydrogen-bond acceptors (Lipinski definition) is 7. The molecule has 11 heteroatoms. The van der Waals surface area contributed by atoms with Gasteiger partial charge < -0.3 is 14.2 Å². The van der Waals surface area contributed by atoms with E-state index in [1.807, 2.05) is 30.3 Å². The Hall–Kier alpha value is -1.79. The van der Waals surface area contributed by atoms with Crippen molar-refractivity contribution in [2.75, 3.05) is 33.1 Å². The molecule has 2 saturated heterocycles. The van der Waals surface area contributed by atoms with E-state index in [9.17, 15) is 17.6 Å². The molecule has 0 bridgehead atoms. The smallest absolute Gasteiger partial charge is 0.416 e. The Bertz CT molecular complexity index is 695. The Morgan fingerprint density at radius 3 is 2.46 bits per heavy atom. The van der Waals surface area contributed by atoms with Gasteiger partial charge in [0, 0.05) is 13.7 Å². The molecule has 1 amide bonds. The zero-order valence-corrected chi connectivity index (χ0v) is 15.1. The first-order valence-corrected chi connectivity index (χ1v) is 9.55. The SMILES string of the molecule is COC1OC(=O)N(N2CCOCC2F)C1c1ccccc1.CS(=O)(=O)O. The van der Waals surface area contributed by atoms with Crippen LogP contribution in [0.2, 0.25) is 0 Å². The van der Waals surface area contributed by atoms with Crippen LogP contribution in [0.1, 0.15) is 11.6 Å². The Morgan fingerprint density at radius 1 is 1.31 bits per heavy atom. The molecule has 146 valence electrons. The lowest BCUT2D eigenvalue weighted by molar-refractivity contribution is -0.164. The number of halogens is 1. The van der Waals surface area contributed by atoms with Crippen molar-refractivity contribution < 1.29 is 36.4 Å². The molecule has 1 aromatic carbocycles. The molecule has 0 aromatic heterocycles. The molecule has 2 heterocycles. The summed E-state index contributed by atoms with van der Waals surface area (Å²) in [5.41, 5.74) is 0.828. The largest absolute Gasteiger partial charge is 0.427 e. The van der Waals surface area contributed by atoms with Gasteiger partial charge in [-0.2, -0.15) is 13.4 Å².